The lowest BCUT2D eigenvalue weighted by Crippen LogP contribution is -2.20. The minimum Gasteiger partial charge on any atom is -0.508 e. The van der Waals surface area contributed by atoms with E-state index in [-0.39, 0.29) is 23.9 Å². The van der Waals surface area contributed by atoms with Crippen molar-refractivity contribution in [2.45, 2.75) is 32.7 Å². The van der Waals surface area contributed by atoms with E-state index in [0.717, 1.165) is 0 Å². The number of phenols is 1. The normalized spacial score (nSPS) is 13.1. The van der Waals surface area contributed by atoms with E-state index < -0.39 is 11.9 Å². The summed E-state index contributed by atoms with van der Waals surface area (Å²) in [5.74, 6) is -0.0340. The zero-order valence-electron chi connectivity index (χ0n) is 10.8. The second-order valence-electron chi connectivity index (χ2n) is 4.58. The maximum atomic E-state index is 11.3. The Morgan fingerprint density at radius 2 is 1.95 bits per heavy atom. The van der Waals surface area contributed by atoms with Gasteiger partial charge in [0.2, 0.25) is 0 Å². The minimum absolute atomic E-state index is 0.0340. The number of phenolic OH excluding ortho intramolecular Hbond substituents is 1. The van der Waals surface area contributed by atoms with Crippen LogP contribution in [0.25, 0.3) is 11.0 Å². The van der Waals surface area contributed by atoms with Gasteiger partial charge in [0, 0.05) is 23.4 Å². The Morgan fingerprint density at radius 1 is 1.26 bits per heavy atom. The van der Waals surface area contributed by atoms with E-state index in [1.807, 2.05) is 0 Å². The van der Waals surface area contributed by atoms with Gasteiger partial charge in [-0.15, -0.1) is 0 Å². The molecule has 0 aliphatic rings. The fraction of sp³-hybridized carbons (Fsp3) is 0.357. The molecule has 0 saturated carbocycles. The quantitative estimate of drug-likeness (QED) is 0.650. The summed E-state index contributed by atoms with van der Waals surface area (Å²) in [6, 6.07) is 6.07. The van der Waals surface area contributed by atoms with E-state index in [2.05, 4.69) is 0 Å². The lowest BCUT2D eigenvalue weighted by atomic mass is 10.1. The van der Waals surface area contributed by atoms with Crippen LogP contribution >= 0.6 is 0 Å². The summed E-state index contributed by atoms with van der Waals surface area (Å²) in [6.07, 6.45) is -1.16. The van der Waals surface area contributed by atoms with Crippen molar-refractivity contribution in [3.63, 3.8) is 0 Å². The van der Waals surface area contributed by atoms with Crippen LogP contribution in [0, 0.1) is 0 Å². The van der Waals surface area contributed by atoms with Crippen LogP contribution in [-0.4, -0.2) is 22.6 Å². The van der Waals surface area contributed by atoms with Crippen LogP contribution < -0.4 is 5.63 Å². The molecule has 1 aromatic heterocycles. The molecule has 0 spiro atoms. The predicted octanol–water partition coefficient (Wildman–Crippen LogP) is 1.78. The van der Waals surface area contributed by atoms with Crippen LogP contribution in [0.4, 0.5) is 0 Å². The Bertz CT molecular complexity index is 629. The predicted molar refractivity (Wildman–Crippen MR) is 70.1 cm³/mol. The zero-order chi connectivity index (χ0) is 14.0. The van der Waals surface area contributed by atoms with Gasteiger partial charge in [0.15, 0.2) is 6.29 Å². The third kappa shape index (κ3) is 3.13. The van der Waals surface area contributed by atoms with Gasteiger partial charge in [0.25, 0.3) is 0 Å². The topological polar surface area (TPSA) is 79.9 Å². The average Bonchev–Trinajstić information content (AvgIpc) is 2.32. The summed E-state index contributed by atoms with van der Waals surface area (Å²) in [5, 5.41) is 20.3. The van der Waals surface area contributed by atoms with Gasteiger partial charge in [0.05, 0.1) is 6.10 Å². The van der Waals surface area contributed by atoms with E-state index in [4.69, 9.17) is 9.15 Å². The Kier molecular flexibility index (Phi) is 3.87. The van der Waals surface area contributed by atoms with Crippen LogP contribution in [0.1, 0.15) is 19.4 Å². The SMILES string of the molecule is CC(C)OC(O)Cc1c(O)ccc2ccc(=O)oc12. The Balaban J connectivity index is 2.43. The van der Waals surface area contributed by atoms with Crippen molar-refractivity contribution >= 4 is 11.0 Å². The standard InChI is InChI=1S/C14H16O5/c1-8(2)18-13(17)7-10-11(15)5-3-9-4-6-12(16)19-14(9)10/h3-6,8,13,15,17H,7H2,1-2H3. The Hall–Kier alpha value is -1.85. The van der Waals surface area contributed by atoms with Crippen molar-refractivity contribution in [1.82, 2.24) is 0 Å². The molecule has 1 unspecified atom stereocenters. The molecule has 2 N–H and O–H groups in total. The molecule has 0 saturated heterocycles. The number of aliphatic hydroxyl groups is 1. The molecule has 5 heteroatoms. The number of hydrogen-bond donors (Lipinski definition) is 2. The van der Waals surface area contributed by atoms with E-state index in [1.54, 1.807) is 26.0 Å². The lowest BCUT2D eigenvalue weighted by molar-refractivity contribution is -0.123. The molecule has 1 heterocycles. The van der Waals surface area contributed by atoms with Crippen molar-refractivity contribution < 1.29 is 19.4 Å². The molecule has 0 bridgehead atoms. The number of aliphatic hydroxyl groups excluding tert-OH is 1. The summed E-state index contributed by atoms with van der Waals surface area (Å²) in [5.41, 5.74) is 0.140. The molecule has 102 valence electrons. The van der Waals surface area contributed by atoms with Gasteiger partial charge in [-0.1, -0.05) is 0 Å². The molecule has 0 aliphatic heterocycles. The van der Waals surface area contributed by atoms with Gasteiger partial charge in [-0.2, -0.15) is 0 Å². The van der Waals surface area contributed by atoms with E-state index in [0.29, 0.717) is 10.9 Å². The molecule has 1 aromatic carbocycles. The van der Waals surface area contributed by atoms with Gasteiger partial charge >= 0.3 is 5.63 Å². The molecule has 19 heavy (non-hydrogen) atoms. The first-order valence-corrected chi connectivity index (χ1v) is 6.05. The summed E-state index contributed by atoms with van der Waals surface area (Å²) >= 11 is 0. The molecule has 0 fully saturated rings. The van der Waals surface area contributed by atoms with Crippen LogP contribution in [0.2, 0.25) is 0 Å². The third-order valence-electron chi connectivity index (χ3n) is 2.68. The second kappa shape index (κ2) is 5.42. The van der Waals surface area contributed by atoms with Crippen LogP contribution in [0.5, 0.6) is 5.75 Å². The molecule has 5 nitrogen and oxygen atoms in total. The number of hydrogen-bond acceptors (Lipinski definition) is 5. The third-order valence-corrected chi connectivity index (χ3v) is 2.68. The molecular weight excluding hydrogens is 248 g/mol. The molecule has 2 aromatic rings. The lowest BCUT2D eigenvalue weighted by Gasteiger charge is -2.16. The average molecular weight is 264 g/mol. The molecule has 0 radical (unpaired) electrons. The maximum Gasteiger partial charge on any atom is 0.336 e. The maximum absolute atomic E-state index is 11.3. The van der Waals surface area contributed by atoms with Gasteiger partial charge in [0.1, 0.15) is 11.3 Å². The number of benzene rings is 1. The fourth-order valence-electron chi connectivity index (χ4n) is 1.91. The van der Waals surface area contributed by atoms with Crippen LogP contribution in [-0.2, 0) is 11.2 Å². The second-order valence-corrected chi connectivity index (χ2v) is 4.58. The van der Waals surface area contributed by atoms with Gasteiger partial charge in [-0.25, -0.2) is 4.79 Å². The molecular formula is C14H16O5. The molecule has 1 atom stereocenters. The van der Waals surface area contributed by atoms with Crippen molar-refractivity contribution in [3.05, 3.63) is 40.2 Å². The van der Waals surface area contributed by atoms with Crippen molar-refractivity contribution in [3.8, 4) is 5.75 Å². The highest BCUT2D eigenvalue weighted by molar-refractivity contribution is 5.81. The first kappa shape index (κ1) is 13.6. The first-order chi connectivity index (χ1) is 8.97. The monoisotopic (exact) mass is 264 g/mol. The number of rotatable bonds is 4. The highest BCUT2D eigenvalue weighted by Gasteiger charge is 2.15. The van der Waals surface area contributed by atoms with E-state index >= 15 is 0 Å². The van der Waals surface area contributed by atoms with Crippen molar-refractivity contribution in [2.75, 3.05) is 0 Å². The van der Waals surface area contributed by atoms with Gasteiger partial charge in [-0.3, -0.25) is 0 Å². The zero-order valence-corrected chi connectivity index (χ0v) is 10.8. The van der Waals surface area contributed by atoms with E-state index in [1.165, 1.54) is 12.1 Å². The number of fused-ring (bicyclic) bond motifs is 1. The highest BCUT2D eigenvalue weighted by atomic mass is 16.6. The van der Waals surface area contributed by atoms with E-state index in [9.17, 15) is 15.0 Å². The largest absolute Gasteiger partial charge is 0.508 e. The summed E-state index contributed by atoms with van der Waals surface area (Å²) in [7, 11) is 0. The first-order valence-electron chi connectivity index (χ1n) is 6.05. The van der Waals surface area contributed by atoms with Crippen molar-refractivity contribution in [2.24, 2.45) is 0 Å². The van der Waals surface area contributed by atoms with Crippen molar-refractivity contribution in [1.29, 1.82) is 0 Å². The molecule has 0 aliphatic carbocycles. The van der Waals surface area contributed by atoms with Gasteiger partial charge < -0.3 is 19.4 Å². The Morgan fingerprint density at radius 3 is 2.63 bits per heavy atom. The summed E-state index contributed by atoms with van der Waals surface area (Å²) in [4.78, 5) is 11.3. The van der Waals surface area contributed by atoms with Gasteiger partial charge in [-0.05, 0) is 32.0 Å². The highest BCUT2D eigenvalue weighted by Crippen LogP contribution is 2.27. The smallest absolute Gasteiger partial charge is 0.336 e. The molecule has 2 rings (SSSR count). The summed E-state index contributed by atoms with van der Waals surface area (Å²) < 4.78 is 10.3. The summed E-state index contributed by atoms with van der Waals surface area (Å²) in [6.45, 7) is 3.60. The van der Waals surface area contributed by atoms with Crippen LogP contribution in [0.3, 0.4) is 0 Å². The van der Waals surface area contributed by atoms with Crippen LogP contribution in [0.15, 0.2) is 33.5 Å². The Labute approximate surface area is 110 Å². The fourth-order valence-corrected chi connectivity index (χ4v) is 1.91. The number of ether oxygens (including phenoxy) is 1. The molecule has 0 amide bonds. The minimum atomic E-state index is -1.07. The number of aromatic hydroxyl groups is 1.